The predicted octanol–water partition coefficient (Wildman–Crippen LogP) is 7.83. The second-order valence-electron chi connectivity index (χ2n) is 21.3. The second kappa shape index (κ2) is 28.9. The first-order chi connectivity index (χ1) is 39.8. The number of hydrogen-bond acceptors (Lipinski definition) is 19. The molecule has 82 heavy (non-hydrogen) atoms. The zero-order valence-corrected chi connectivity index (χ0v) is 49.2. The summed E-state index contributed by atoms with van der Waals surface area (Å²) in [5, 5.41) is 29.3. The van der Waals surface area contributed by atoms with Crippen molar-refractivity contribution in [2.24, 2.45) is 0 Å². The molecule has 0 bridgehead atoms. The van der Waals surface area contributed by atoms with Crippen LogP contribution in [0.2, 0.25) is 0 Å². The largest absolute Gasteiger partial charge is 0.399 e. The number of halogens is 1. The topological polar surface area (TPSA) is 228 Å². The molecule has 6 saturated heterocycles. The van der Waals surface area contributed by atoms with Crippen LogP contribution >= 0.6 is 15.9 Å². The fourth-order valence-electron chi connectivity index (χ4n) is 10.6. The Labute approximate surface area is 489 Å². The van der Waals surface area contributed by atoms with E-state index in [0.29, 0.717) is 29.9 Å². The van der Waals surface area contributed by atoms with Crippen LogP contribution in [0.4, 0.5) is 45.8 Å². The minimum Gasteiger partial charge on any atom is -0.399 e. The van der Waals surface area contributed by atoms with Crippen molar-refractivity contribution in [3.05, 3.63) is 145 Å². The van der Waals surface area contributed by atoms with Crippen LogP contribution in [-0.4, -0.2) is 186 Å². The lowest BCUT2D eigenvalue weighted by molar-refractivity contribution is -0.385. The second-order valence-corrected chi connectivity index (χ2v) is 22.2. The van der Waals surface area contributed by atoms with Gasteiger partial charge in [0.15, 0.2) is 5.82 Å². The smallest absolute Gasteiger partial charge is 0.271 e. The fourth-order valence-corrected chi connectivity index (χ4v) is 11.1. The van der Waals surface area contributed by atoms with Gasteiger partial charge in [-0.1, -0.05) is 43.6 Å². The Morgan fingerprint density at radius 2 is 0.988 bits per heavy atom. The van der Waals surface area contributed by atoms with E-state index < -0.39 is 0 Å². The molecule has 0 aliphatic carbocycles. The van der Waals surface area contributed by atoms with Crippen LogP contribution in [0.5, 0.6) is 0 Å². The summed E-state index contributed by atoms with van der Waals surface area (Å²) in [6.07, 6.45) is 10.2. The minimum absolute atomic E-state index is 0.140. The van der Waals surface area contributed by atoms with Gasteiger partial charge in [0.05, 0.1) is 73.8 Å². The highest BCUT2D eigenvalue weighted by atomic mass is 79.9. The third kappa shape index (κ3) is 16.0. The molecule has 0 radical (unpaired) electrons. The Morgan fingerprint density at radius 3 is 1.43 bits per heavy atom. The molecule has 12 rings (SSSR count). The highest BCUT2D eigenvalue weighted by Gasteiger charge is 2.32. The van der Waals surface area contributed by atoms with Crippen molar-refractivity contribution in [1.82, 2.24) is 39.4 Å². The van der Waals surface area contributed by atoms with E-state index in [1.807, 2.05) is 19.9 Å². The number of nitrogens with one attached hydrogen (secondary N) is 1. The number of nitrogens with zero attached hydrogens (tertiary/aromatic N) is 13. The summed E-state index contributed by atoms with van der Waals surface area (Å²) in [6, 6.07) is 25.3. The summed E-state index contributed by atoms with van der Waals surface area (Å²) in [4.78, 5) is 48.2. The first-order valence-corrected chi connectivity index (χ1v) is 29.5. The molecule has 0 spiro atoms. The average Bonchev–Trinajstić information content (AvgIpc) is 4.09. The number of ether oxygens (including phenoxy) is 3. The number of aryl methyl sites for hydroxylation is 4. The highest BCUT2D eigenvalue weighted by molar-refractivity contribution is 9.10. The van der Waals surface area contributed by atoms with Crippen molar-refractivity contribution in [1.29, 1.82) is 0 Å². The maximum absolute atomic E-state index is 11.1. The molecule has 22 nitrogen and oxygen atoms in total. The summed E-state index contributed by atoms with van der Waals surface area (Å²) in [5.74, 6) is 1.17. The van der Waals surface area contributed by atoms with E-state index in [4.69, 9.17) is 19.9 Å². The van der Waals surface area contributed by atoms with Crippen LogP contribution in [0, 0.1) is 20.2 Å². The van der Waals surface area contributed by atoms with Gasteiger partial charge in [0.25, 0.3) is 11.4 Å². The van der Waals surface area contributed by atoms with Gasteiger partial charge in [0.1, 0.15) is 6.33 Å². The molecule has 3 N–H and O–H groups in total. The lowest BCUT2D eigenvalue weighted by atomic mass is 10.1. The molecule has 0 amide bonds. The van der Waals surface area contributed by atoms with E-state index in [9.17, 15) is 20.2 Å². The van der Waals surface area contributed by atoms with Gasteiger partial charge in [-0.2, -0.15) is 9.67 Å². The number of benzene rings is 4. The fraction of sp³-hybridized carbons (Fsp3) is 0.492. The monoisotopic (exact) mass is 1190 g/mol. The normalized spacial score (nSPS) is 18.1. The van der Waals surface area contributed by atoms with Gasteiger partial charge in [-0.3, -0.25) is 39.9 Å². The zero-order chi connectivity index (χ0) is 57.5. The number of hydrogen-bond donors (Lipinski definition) is 2. The van der Waals surface area contributed by atoms with Crippen molar-refractivity contribution in [2.45, 2.75) is 71.5 Å². The molecule has 0 saturated carbocycles. The van der Waals surface area contributed by atoms with E-state index in [1.54, 1.807) is 47.8 Å². The molecular formula is C59H78BrN15O7. The first-order valence-electron chi connectivity index (χ1n) is 28.8. The standard InChI is InChI=1S/C21H26N8O.C15H21N3O3.C15H23N3O.C8H8BrNO2/c1-2-16-9-17(25-21-24-15-29(26-21)20-12-22-3-4-23-20)11-18(10-16)27-5-7-28(8-6-27)19-13-30-14-19;1-2-12-7-13(9-14(8-12)18(19)20)16-3-5-17(6-4-16)15-10-21-11-15;1-2-12-7-13(16)9-14(8-12)17-3-5-18(6-4-17)15-10-19-11-15;1-2-6-3-7(9)5-8(4-6)10(11)12/h3-4,9-12,15,19H,2,5-8,13-14H2,1H3,(H,25,26);7-9,15H,2-6,10-11H2,1H3;7-9,15H,2-6,10-11,16H2,1H3;3-5H,2H2,1H3. The number of rotatable bonds is 15. The van der Waals surface area contributed by atoms with Gasteiger partial charge >= 0.3 is 0 Å². The molecule has 438 valence electrons. The van der Waals surface area contributed by atoms with Crippen molar-refractivity contribution in [2.75, 3.05) is 144 Å². The molecule has 6 aliphatic rings. The summed E-state index contributed by atoms with van der Waals surface area (Å²) < 4.78 is 18.2. The van der Waals surface area contributed by atoms with Crippen LogP contribution in [0.15, 0.2) is 102 Å². The molecule has 2 aromatic heterocycles. The molecule has 0 unspecified atom stereocenters. The summed E-state index contributed by atoms with van der Waals surface area (Å²) >= 11 is 3.22. The number of aromatic nitrogens is 5. The van der Waals surface area contributed by atoms with E-state index in [1.165, 1.54) is 28.6 Å². The highest BCUT2D eigenvalue weighted by Crippen LogP contribution is 2.30. The zero-order valence-electron chi connectivity index (χ0n) is 47.7. The molecule has 0 atom stereocenters. The Morgan fingerprint density at radius 1 is 0.549 bits per heavy atom. The third-order valence-electron chi connectivity index (χ3n) is 15.9. The summed E-state index contributed by atoms with van der Waals surface area (Å²) in [6.45, 7) is 26.1. The van der Waals surface area contributed by atoms with Crippen molar-refractivity contribution < 1.29 is 24.1 Å². The Balaban J connectivity index is 0.000000138. The van der Waals surface area contributed by atoms with Gasteiger partial charge < -0.3 is 40.0 Å². The lowest BCUT2D eigenvalue weighted by Gasteiger charge is -2.43. The number of nitro benzene ring substituents is 2. The maximum atomic E-state index is 11.1. The third-order valence-corrected chi connectivity index (χ3v) is 16.4. The van der Waals surface area contributed by atoms with Crippen LogP contribution in [-0.2, 0) is 39.9 Å². The molecule has 6 fully saturated rings. The quantitative estimate of drug-likeness (QED) is 0.0567. The summed E-state index contributed by atoms with van der Waals surface area (Å²) in [5.41, 5.74) is 16.3. The SMILES string of the molecule is CCc1cc(Br)cc([N+](=O)[O-])c1.CCc1cc(N)cc(N2CCN(C3COC3)CC2)c1.CCc1cc(N2CCN(C3COC3)CC2)cc([N+](=O)[O-])c1.CCc1cc(Nc2ncn(-c3cnccn3)n2)cc(N2CCN(C3COC3)CC2)c1. The molecule has 6 aromatic rings. The van der Waals surface area contributed by atoms with Crippen molar-refractivity contribution >= 4 is 61.7 Å². The first kappa shape index (κ1) is 59.8. The van der Waals surface area contributed by atoms with Gasteiger partial charge in [0, 0.05) is 148 Å². The van der Waals surface area contributed by atoms with Crippen LogP contribution in [0.1, 0.15) is 49.9 Å². The molecule has 23 heteroatoms. The minimum atomic E-state index is -0.385. The van der Waals surface area contributed by atoms with Crippen molar-refractivity contribution in [3.8, 4) is 5.82 Å². The Hall–Kier alpha value is -6.86. The van der Waals surface area contributed by atoms with Crippen LogP contribution < -0.4 is 25.8 Å². The number of nitrogens with two attached hydrogens (primary N) is 1. The molecular weight excluding hydrogens is 1110 g/mol. The van der Waals surface area contributed by atoms with E-state index in [0.717, 1.165) is 177 Å². The number of nitro groups is 2. The maximum Gasteiger partial charge on any atom is 0.271 e. The van der Waals surface area contributed by atoms with Gasteiger partial charge in [-0.15, -0.1) is 5.10 Å². The average molecular weight is 1190 g/mol. The van der Waals surface area contributed by atoms with E-state index >= 15 is 0 Å². The van der Waals surface area contributed by atoms with Crippen LogP contribution in [0.25, 0.3) is 5.82 Å². The van der Waals surface area contributed by atoms with Crippen LogP contribution in [0.3, 0.4) is 0 Å². The van der Waals surface area contributed by atoms with Gasteiger partial charge in [-0.05, 0) is 96.5 Å². The Bertz CT molecular complexity index is 3030. The van der Waals surface area contributed by atoms with Crippen molar-refractivity contribution in [3.63, 3.8) is 0 Å². The Kier molecular flexibility index (Phi) is 21.1. The summed E-state index contributed by atoms with van der Waals surface area (Å²) in [7, 11) is 0. The van der Waals surface area contributed by atoms with E-state index in [-0.39, 0.29) is 21.2 Å². The molecule has 8 heterocycles. The van der Waals surface area contributed by atoms with Gasteiger partial charge in [-0.25, -0.2) is 4.98 Å². The lowest BCUT2D eigenvalue weighted by Crippen LogP contribution is -2.56. The molecule has 6 aliphatic heterocycles. The van der Waals surface area contributed by atoms with Gasteiger partial charge in [0.2, 0.25) is 5.95 Å². The predicted molar refractivity (Wildman–Crippen MR) is 324 cm³/mol. The molecule has 4 aromatic carbocycles. The number of nitrogen functional groups attached to an aromatic ring is 1. The number of anilines is 6. The number of non-ortho nitro benzene ring substituents is 2. The van der Waals surface area contributed by atoms with E-state index in [2.05, 4.69) is 127 Å². The number of piperazine rings is 3.